The van der Waals surface area contributed by atoms with Crippen LogP contribution in [0.3, 0.4) is 0 Å². The quantitative estimate of drug-likeness (QED) is 0.704. The Bertz CT molecular complexity index is 782. The topological polar surface area (TPSA) is 64.4 Å². The molecule has 1 saturated heterocycles. The van der Waals surface area contributed by atoms with Crippen molar-refractivity contribution in [1.29, 1.82) is 0 Å². The number of aryl methyl sites for hydroxylation is 2. The van der Waals surface area contributed by atoms with Crippen LogP contribution in [0.4, 0.5) is 0 Å². The highest BCUT2D eigenvalue weighted by molar-refractivity contribution is 5.95. The van der Waals surface area contributed by atoms with Gasteiger partial charge in [0, 0.05) is 44.9 Å². The van der Waals surface area contributed by atoms with Gasteiger partial charge >= 0.3 is 0 Å². The molecular formula is C21H27N3O3. The van der Waals surface area contributed by atoms with Crippen LogP contribution in [0.2, 0.25) is 0 Å². The highest BCUT2D eigenvalue weighted by atomic mass is 16.5. The molecule has 27 heavy (non-hydrogen) atoms. The molecule has 1 aromatic heterocycles. The Morgan fingerprint density at radius 2 is 2.04 bits per heavy atom. The zero-order chi connectivity index (χ0) is 19.2. The van der Waals surface area contributed by atoms with E-state index in [4.69, 9.17) is 4.74 Å². The fourth-order valence-corrected chi connectivity index (χ4v) is 3.60. The molecule has 3 rings (SSSR count). The highest BCUT2D eigenvalue weighted by Gasteiger charge is 2.30. The smallest absolute Gasteiger partial charge is 0.222 e. The highest BCUT2D eigenvalue weighted by Crippen LogP contribution is 2.21. The zero-order valence-corrected chi connectivity index (χ0v) is 16.1. The normalized spacial score (nSPS) is 17.0. The molecule has 0 unspecified atom stereocenters. The van der Waals surface area contributed by atoms with Gasteiger partial charge in [0.1, 0.15) is 5.75 Å². The summed E-state index contributed by atoms with van der Waals surface area (Å²) in [5.41, 5.74) is 1.20. The van der Waals surface area contributed by atoms with Gasteiger partial charge in [-0.05, 0) is 43.4 Å². The Hall–Kier alpha value is -2.63. The van der Waals surface area contributed by atoms with Gasteiger partial charge in [0.25, 0.3) is 0 Å². The van der Waals surface area contributed by atoms with Crippen molar-refractivity contribution in [3.05, 3.63) is 48.0 Å². The number of Topliss-reactive ketones (excluding diaryl/α,β-unsaturated/α-hetero) is 1. The third-order valence-corrected chi connectivity index (χ3v) is 5.20. The molecule has 1 aromatic carbocycles. The number of benzene rings is 1. The van der Waals surface area contributed by atoms with E-state index in [0.717, 1.165) is 38.0 Å². The minimum Gasteiger partial charge on any atom is -0.497 e. The minimum atomic E-state index is -0.148. The fourth-order valence-electron chi connectivity index (χ4n) is 3.60. The molecule has 0 spiro atoms. The lowest BCUT2D eigenvalue weighted by Crippen LogP contribution is -2.42. The zero-order valence-electron chi connectivity index (χ0n) is 16.1. The minimum absolute atomic E-state index is 0.0400. The SMILES string of the molecule is COc1ccc(CCCC(=O)N2CCC[C@@H](C(=O)c3nccn3C)C2)cc1. The molecule has 0 aliphatic carbocycles. The van der Waals surface area contributed by atoms with Crippen LogP contribution < -0.4 is 4.74 Å². The van der Waals surface area contributed by atoms with Crippen LogP contribution in [0, 0.1) is 5.92 Å². The summed E-state index contributed by atoms with van der Waals surface area (Å²) in [4.78, 5) is 31.3. The average molecular weight is 369 g/mol. The summed E-state index contributed by atoms with van der Waals surface area (Å²) in [6.07, 6.45) is 7.27. The molecular weight excluding hydrogens is 342 g/mol. The van der Waals surface area contributed by atoms with Crippen molar-refractivity contribution < 1.29 is 14.3 Å². The first-order valence-corrected chi connectivity index (χ1v) is 9.50. The van der Waals surface area contributed by atoms with E-state index in [0.29, 0.717) is 18.8 Å². The number of aromatic nitrogens is 2. The Kier molecular flexibility index (Phi) is 6.27. The van der Waals surface area contributed by atoms with Gasteiger partial charge in [-0.15, -0.1) is 0 Å². The average Bonchev–Trinajstić information content (AvgIpc) is 3.14. The van der Waals surface area contributed by atoms with Gasteiger partial charge in [-0.3, -0.25) is 9.59 Å². The summed E-state index contributed by atoms with van der Waals surface area (Å²) in [6, 6.07) is 7.95. The number of ketones is 1. The first-order valence-electron chi connectivity index (χ1n) is 9.50. The van der Waals surface area contributed by atoms with Crippen molar-refractivity contribution in [2.24, 2.45) is 13.0 Å². The molecule has 1 aliphatic heterocycles. The van der Waals surface area contributed by atoms with Crippen molar-refractivity contribution in [2.75, 3.05) is 20.2 Å². The van der Waals surface area contributed by atoms with Crippen molar-refractivity contribution in [3.8, 4) is 5.75 Å². The second-order valence-corrected chi connectivity index (χ2v) is 7.11. The number of likely N-dealkylation sites (tertiary alicyclic amines) is 1. The molecule has 1 amide bonds. The summed E-state index contributed by atoms with van der Waals surface area (Å²) >= 11 is 0. The van der Waals surface area contributed by atoms with Gasteiger partial charge in [0.05, 0.1) is 7.11 Å². The molecule has 0 N–H and O–H groups in total. The van der Waals surface area contributed by atoms with E-state index in [1.54, 1.807) is 24.1 Å². The summed E-state index contributed by atoms with van der Waals surface area (Å²) < 4.78 is 6.91. The van der Waals surface area contributed by atoms with Gasteiger partial charge in [-0.2, -0.15) is 0 Å². The molecule has 1 aliphatic rings. The number of piperidine rings is 1. The lowest BCUT2D eigenvalue weighted by molar-refractivity contribution is -0.132. The van der Waals surface area contributed by atoms with Gasteiger partial charge in [0.15, 0.2) is 5.82 Å². The number of methoxy groups -OCH3 is 1. The van der Waals surface area contributed by atoms with Crippen LogP contribution in [-0.4, -0.2) is 46.3 Å². The van der Waals surface area contributed by atoms with Crippen LogP contribution in [0.25, 0.3) is 0 Å². The summed E-state index contributed by atoms with van der Waals surface area (Å²) in [7, 11) is 3.48. The van der Waals surface area contributed by atoms with E-state index in [-0.39, 0.29) is 17.6 Å². The molecule has 2 aromatic rings. The maximum absolute atomic E-state index is 12.7. The number of rotatable bonds is 7. The van der Waals surface area contributed by atoms with Crippen molar-refractivity contribution >= 4 is 11.7 Å². The van der Waals surface area contributed by atoms with Crippen LogP contribution >= 0.6 is 0 Å². The van der Waals surface area contributed by atoms with E-state index in [1.165, 1.54) is 5.56 Å². The van der Waals surface area contributed by atoms with Crippen LogP contribution in [-0.2, 0) is 18.3 Å². The number of ether oxygens (including phenoxy) is 1. The Labute approximate surface area is 160 Å². The first kappa shape index (κ1) is 19.1. The van der Waals surface area contributed by atoms with Crippen molar-refractivity contribution in [1.82, 2.24) is 14.5 Å². The molecule has 1 fully saturated rings. The number of nitrogens with zero attached hydrogens (tertiary/aromatic N) is 3. The molecule has 0 radical (unpaired) electrons. The number of carbonyl (C=O) groups excluding carboxylic acids is 2. The predicted molar refractivity (Wildman–Crippen MR) is 103 cm³/mol. The molecule has 0 bridgehead atoms. The van der Waals surface area contributed by atoms with Crippen LogP contribution in [0.15, 0.2) is 36.7 Å². The van der Waals surface area contributed by atoms with Crippen LogP contribution in [0.5, 0.6) is 5.75 Å². The van der Waals surface area contributed by atoms with E-state index < -0.39 is 0 Å². The van der Waals surface area contributed by atoms with E-state index in [2.05, 4.69) is 4.98 Å². The number of hydrogen-bond acceptors (Lipinski definition) is 4. The number of imidazole rings is 1. The summed E-state index contributed by atoms with van der Waals surface area (Å²) in [5.74, 6) is 1.35. The third-order valence-electron chi connectivity index (χ3n) is 5.20. The lowest BCUT2D eigenvalue weighted by Gasteiger charge is -2.32. The molecule has 0 saturated carbocycles. The Morgan fingerprint density at radius 1 is 1.26 bits per heavy atom. The van der Waals surface area contributed by atoms with E-state index >= 15 is 0 Å². The second kappa shape index (κ2) is 8.84. The molecule has 144 valence electrons. The van der Waals surface area contributed by atoms with E-state index in [9.17, 15) is 9.59 Å². The first-order chi connectivity index (χ1) is 13.1. The molecule has 1 atom stereocenters. The van der Waals surface area contributed by atoms with Gasteiger partial charge in [0.2, 0.25) is 11.7 Å². The number of hydrogen-bond donors (Lipinski definition) is 0. The second-order valence-electron chi connectivity index (χ2n) is 7.11. The Balaban J connectivity index is 1.49. The molecule has 6 heteroatoms. The predicted octanol–water partition coefficient (Wildman–Crippen LogP) is 2.87. The van der Waals surface area contributed by atoms with Crippen molar-refractivity contribution in [3.63, 3.8) is 0 Å². The molecule has 6 nitrogen and oxygen atoms in total. The van der Waals surface area contributed by atoms with Crippen molar-refractivity contribution in [2.45, 2.75) is 32.1 Å². The molecule has 2 heterocycles. The van der Waals surface area contributed by atoms with Gasteiger partial charge in [-0.1, -0.05) is 12.1 Å². The third kappa shape index (κ3) is 4.76. The number of carbonyl (C=O) groups is 2. The summed E-state index contributed by atoms with van der Waals surface area (Å²) in [5, 5.41) is 0. The monoisotopic (exact) mass is 369 g/mol. The lowest BCUT2D eigenvalue weighted by atomic mass is 9.93. The largest absolute Gasteiger partial charge is 0.497 e. The fraction of sp³-hybridized carbons (Fsp3) is 0.476. The number of amides is 1. The Morgan fingerprint density at radius 3 is 2.70 bits per heavy atom. The van der Waals surface area contributed by atoms with Gasteiger partial charge in [-0.25, -0.2) is 4.98 Å². The maximum Gasteiger partial charge on any atom is 0.222 e. The van der Waals surface area contributed by atoms with E-state index in [1.807, 2.05) is 36.2 Å². The van der Waals surface area contributed by atoms with Gasteiger partial charge < -0.3 is 14.2 Å². The summed E-state index contributed by atoms with van der Waals surface area (Å²) in [6.45, 7) is 1.25. The van der Waals surface area contributed by atoms with Crippen LogP contribution in [0.1, 0.15) is 41.9 Å². The standard InChI is InChI=1S/C21H27N3O3/c1-23-14-12-22-21(23)20(26)17-6-4-13-24(15-17)19(25)7-3-5-16-8-10-18(27-2)11-9-16/h8-12,14,17H,3-7,13,15H2,1-2H3/t17-/m1/s1. The maximum atomic E-state index is 12.7.